The first-order valence-electron chi connectivity index (χ1n) is 12.5. The number of nitrogens with one attached hydrogen (secondary N) is 1. The monoisotopic (exact) mass is 443 g/mol. The van der Waals surface area contributed by atoms with Crippen LogP contribution in [0.25, 0.3) is 0 Å². The molecule has 5 nitrogen and oxygen atoms in total. The number of hydrogen-bond donors (Lipinski definition) is 1. The Morgan fingerprint density at radius 1 is 1.06 bits per heavy atom. The third-order valence-corrected chi connectivity index (χ3v) is 8.29. The predicted molar refractivity (Wildman–Crippen MR) is 125 cm³/mol. The topological polar surface area (TPSA) is 64.6 Å². The van der Waals surface area contributed by atoms with Gasteiger partial charge in [-0.2, -0.15) is 0 Å². The second-order valence-electron chi connectivity index (χ2n) is 11.6. The Bertz CT molecular complexity index is 841. The van der Waals surface area contributed by atoms with Gasteiger partial charge in [0.05, 0.1) is 12.2 Å². The number of carbonyl (C=O) groups excluding carboxylic acids is 2. The molecule has 4 aliphatic rings. The van der Waals surface area contributed by atoms with Crippen molar-refractivity contribution in [2.45, 2.75) is 105 Å². The van der Waals surface area contributed by atoms with Crippen LogP contribution in [0.2, 0.25) is 0 Å². The van der Waals surface area contributed by atoms with Crippen LogP contribution >= 0.6 is 0 Å². The minimum absolute atomic E-state index is 0.0160. The lowest BCUT2D eigenvalue weighted by Gasteiger charge is -2.45. The Hall–Kier alpha value is -1.46. The standard InChI is InChI=1S/C27H41NO4/c1-15(2)12-20-24-18(5)17(4)14-19-13-16(3)8-9-21-22(32-26(6,7)31-21)10-11-23(29)27(19,24)25(30)28-20/h13-15,18-22,24H,8-12H2,1-7H3,(H,28,30)/b16-13+/t18-,19-,20-,21+,22+,24-,27+/m0/s1. The number of amides is 1. The van der Waals surface area contributed by atoms with E-state index in [0.717, 1.165) is 19.3 Å². The highest BCUT2D eigenvalue weighted by Gasteiger charge is 2.65. The summed E-state index contributed by atoms with van der Waals surface area (Å²) < 4.78 is 12.4. The van der Waals surface area contributed by atoms with Crippen LogP contribution in [-0.4, -0.2) is 35.7 Å². The van der Waals surface area contributed by atoms with Crippen LogP contribution in [0.1, 0.15) is 80.6 Å². The van der Waals surface area contributed by atoms with Crippen LogP contribution in [0.3, 0.4) is 0 Å². The lowest BCUT2D eigenvalue weighted by molar-refractivity contribution is -0.151. The van der Waals surface area contributed by atoms with Crippen molar-refractivity contribution in [3.63, 3.8) is 0 Å². The summed E-state index contributed by atoms with van der Waals surface area (Å²) in [7, 11) is 0. The zero-order valence-electron chi connectivity index (χ0n) is 20.9. The van der Waals surface area contributed by atoms with Crippen LogP contribution in [0.15, 0.2) is 23.3 Å². The van der Waals surface area contributed by atoms with E-state index in [1.54, 1.807) is 0 Å². The second-order valence-corrected chi connectivity index (χ2v) is 11.6. The van der Waals surface area contributed by atoms with E-state index in [0.29, 0.717) is 18.8 Å². The molecule has 1 N–H and O–H groups in total. The number of ketones is 1. The van der Waals surface area contributed by atoms with Crippen molar-refractivity contribution in [2.24, 2.45) is 29.1 Å². The highest BCUT2D eigenvalue weighted by molar-refractivity contribution is 6.09. The molecule has 5 heteroatoms. The fourth-order valence-electron chi connectivity index (χ4n) is 6.84. The first-order chi connectivity index (χ1) is 15.0. The van der Waals surface area contributed by atoms with Crippen molar-refractivity contribution in [1.29, 1.82) is 0 Å². The molecule has 0 aromatic carbocycles. The van der Waals surface area contributed by atoms with E-state index in [-0.39, 0.29) is 47.7 Å². The molecule has 0 aromatic rings. The van der Waals surface area contributed by atoms with Gasteiger partial charge in [0.1, 0.15) is 11.2 Å². The SMILES string of the molecule is CC1=C[C@@H]2/C=C(\C)CC[C@H]3OC(C)(C)O[C@@H]3CCC(=O)[C@]23C(=O)N[C@@H](CC(C)C)[C@@H]3[C@H]1C. The molecule has 7 atom stereocenters. The molecular formula is C27H41NO4. The van der Waals surface area contributed by atoms with Crippen LogP contribution in [-0.2, 0) is 19.1 Å². The molecule has 2 fully saturated rings. The summed E-state index contributed by atoms with van der Waals surface area (Å²) >= 11 is 0. The van der Waals surface area contributed by atoms with Crippen molar-refractivity contribution in [1.82, 2.24) is 5.32 Å². The number of carbonyl (C=O) groups is 2. The average molecular weight is 444 g/mol. The summed E-state index contributed by atoms with van der Waals surface area (Å²) in [5.74, 6) is -0.186. The summed E-state index contributed by atoms with van der Waals surface area (Å²) in [5, 5.41) is 3.29. The lowest BCUT2D eigenvalue weighted by Crippen LogP contribution is -2.52. The smallest absolute Gasteiger partial charge is 0.235 e. The highest BCUT2D eigenvalue weighted by atomic mass is 16.7. The summed E-state index contributed by atoms with van der Waals surface area (Å²) in [5.41, 5.74) is 1.49. The molecule has 2 aliphatic carbocycles. The van der Waals surface area contributed by atoms with Crippen LogP contribution in [0.5, 0.6) is 0 Å². The van der Waals surface area contributed by atoms with Crippen molar-refractivity contribution in [2.75, 3.05) is 0 Å². The molecule has 0 aromatic heterocycles. The van der Waals surface area contributed by atoms with E-state index in [1.807, 2.05) is 13.8 Å². The number of fused-ring (bicyclic) bond motifs is 1. The molecule has 0 radical (unpaired) electrons. The van der Waals surface area contributed by atoms with Gasteiger partial charge in [-0.1, -0.05) is 44.1 Å². The molecule has 2 aliphatic heterocycles. The molecule has 0 bridgehead atoms. The Morgan fingerprint density at radius 2 is 1.69 bits per heavy atom. The van der Waals surface area contributed by atoms with E-state index in [4.69, 9.17) is 9.47 Å². The van der Waals surface area contributed by atoms with Gasteiger partial charge in [0.15, 0.2) is 5.79 Å². The summed E-state index contributed by atoms with van der Waals surface area (Å²) in [6, 6.07) is 0.0316. The highest BCUT2D eigenvalue weighted by Crippen LogP contribution is 2.55. The third-order valence-electron chi connectivity index (χ3n) is 8.29. The Morgan fingerprint density at radius 3 is 2.31 bits per heavy atom. The molecule has 0 saturated carbocycles. The maximum absolute atomic E-state index is 14.1. The number of Topliss-reactive ketones (excluding diaryl/α,β-unsaturated/α-hetero) is 1. The molecule has 32 heavy (non-hydrogen) atoms. The van der Waals surface area contributed by atoms with Crippen LogP contribution in [0.4, 0.5) is 0 Å². The van der Waals surface area contributed by atoms with Crippen molar-refractivity contribution >= 4 is 11.7 Å². The average Bonchev–Trinajstić information content (AvgIpc) is 3.14. The molecular weight excluding hydrogens is 402 g/mol. The Labute approximate surface area is 193 Å². The fraction of sp³-hybridized carbons (Fsp3) is 0.778. The van der Waals surface area contributed by atoms with Crippen molar-refractivity contribution in [3.8, 4) is 0 Å². The van der Waals surface area contributed by atoms with Gasteiger partial charge in [-0.15, -0.1) is 0 Å². The van der Waals surface area contributed by atoms with E-state index in [9.17, 15) is 9.59 Å². The number of rotatable bonds is 2. The molecule has 0 unspecified atom stereocenters. The van der Waals surface area contributed by atoms with Gasteiger partial charge in [-0.05, 0) is 65.2 Å². The van der Waals surface area contributed by atoms with Crippen molar-refractivity contribution < 1.29 is 19.1 Å². The van der Waals surface area contributed by atoms with E-state index in [2.05, 4.69) is 52.1 Å². The van der Waals surface area contributed by atoms with Gasteiger partial charge in [0.2, 0.25) is 5.91 Å². The van der Waals surface area contributed by atoms with Crippen molar-refractivity contribution in [3.05, 3.63) is 23.3 Å². The molecule has 4 rings (SSSR count). The second kappa shape index (κ2) is 8.39. The van der Waals surface area contributed by atoms with E-state index in [1.165, 1.54) is 11.1 Å². The zero-order valence-corrected chi connectivity index (χ0v) is 20.9. The normalized spacial score (nSPS) is 43.4. The summed E-state index contributed by atoms with van der Waals surface area (Å²) in [4.78, 5) is 27.9. The lowest BCUT2D eigenvalue weighted by atomic mass is 9.54. The van der Waals surface area contributed by atoms with E-state index < -0.39 is 11.2 Å². The maximum atomic E-state index is 14.1. The van der Waals surface area contributed by atoms with Gasteiger partial charge < -0.3 is 14.8 Å². The van der Waals surface area contributed by atoms with Gasteiger partial charge >= 0.3 is 0 Å². The molecule has 2 heterocycles. The van der Waals surface area contributed by atoms with Gasteiger partial charge in [-0.25, -0.2) is 0 Å². The summed E-state index contributed by atoms with van der Waals surface area (Å²) in [6.07, 6.45) is 7.89. The molecule has 1 amide bonds. The minimum Gasteiger partial charge on any atom is -0.352 e. The third kappa shape index (κ3) is 3.90. The van der Waals surface area contributed by atoms with E-state index >= 15 is 0 Å². The zero-order chi connectivity index (χ0) is 23.4. The van der Waals surface area contributed by atoms with Gasteiger partial charge in [0, 0.05) is 24.3 Å². The van der Waals surface area contributed by atoms with Crippen LogP contribution < -0.4 is 5.32 Å². The quantitative estimate of drug-likeness (QED) is 0.484. The number of allylic oxidation sites excluding steroid dienone is 4. The molecule has 178 valence electrons. The largest absolute Gasteiger partial charge is 0.352 e. The first kappa shape index (κ1) is 23.7. The maximum Gasteiger partial charge on any atom is 0.235 e. The predicted octanol–water partition coefficient (Wildman–Crippen LogP) is 4.96. The first-order valence-corrected chi connectivity index (χ1v) is 12.5. The minimum atomic E-state index is -1.02. The van der Waals surface area contributed by atoms with Gasteiger partial charge in [-0.3, -0.25) is 9.59 Å². The molecule has 2 saturated heterocycles. The van der Waals surface area contributed by atoms with Crippen LogP contribution in [0, 0.1) is 29.1 Å². The Balaban J connectivity index is 1.78. The number of hydrogen-bond acceptors (Lipinski definition) is 4. The Kier molecular flexibility index (Phi) is 6.21. The molecule has 1 spiro atoms. The number of ether oxygens (including phenoxy) is 2. The summed E-state index contributed by atoms with van der Waals surface area (Å²) in [6.45, 7) is 14.7. The van der Waals surface area contributed by atoms with Gasteiger partial charge in [0.25, 0.3) is 0 Å². The fourth-order valence-corrected chi connectivity index (χ4v) is 6.84.